The first-order chi connectivity index (χ1) is 19.8. The molecule has 10 atom stereocenters. The van der Waals surface area contributed by atoms with Crippen LogP contribution in [0.15, 0.2) is 11.6 Å². The molecule has 1 unspecified atom stereocenters. The first-order valence-electron chi connectivity index (χ1n) is 18.6. The van der Waals surface area contributed by atoms with E-state index in [-0.39, 0.29) is 27.7 Å². The van der Waals surface area contributed by atoms with Crippen LogP contribution in [0.25, 0.3) is 0 Å². The molecule has 0 amide bonds. The van der Waals surface area contributed by atoms with Crippen molar-refractivity contribution in [2.45, 2.75) is 188 Å². The van der Waals surface area contributed by atoms with Crippen molar-refractivity contribution in [3.63, 3.8) is 0 Å². The van der Waals surface area contributed by atoms with E-state index in [4.69, 9.17) is 4.43 Å². The van der Waals surface area contributed by atoms with Gasteiger partial charge in [-0.05, 0) is 122 Å². The van der Waals surface area contributed by atoms with E-state index in [0.717, 1.165) is 37.5 Å². The van der Waals surface area contributed by atoms with E-state index in [2.05, 4.69) is 108 Å². The minimum atomic E-state index is -2.09. The molecule has 4 rings (SSSR count). The maximum absolute atomic E-state index is 12.8. The third-order valence-electron chi connectivity index (χ3n) is 15.9. The number of aliphatic hydroxyl groups excluding tert-OH is 1. The smallest absolute Gasteiger partial charge is 0.192 e. The van der Waals surface area contributed by atoms with Gasteiger partial charge in [-0.3, -0.25) is 0 Å². The first kappa shape index (κ1) is 36.9. The van der Waals surface area contributed by atoms with Gasteiger partial charge in [0.1, 0.15) is 0 Å². The minimum absolute atomic E-state index is 0.000558. The van der Waals surface area contributed by atoms with Gasteiger partial charge in [-0.1, -0.05) is 101 Å². The van der Waals surface area contributed by atoms with E-state index in [1.807, 2.05) is 0 Å². The molecule has 0 aromatic heterocycles. The summed E-state index contributed by atoms with van der Waals surface area (Å²) in [5.41, 5.74) is 1.94. The number of rotatable bonds is 8. The quantitative estimate of drug-likeness (QED) is 0.204. The van der Waals surface area contributed by atoms with Crippen LogP contribution in [0.2, 0.25) is 36.3 Å². The van der Waals surface area contributed by atoms with Gasteiger partial charge in [0.05, 0.1) is 25.5 Å². The molecular formula is C39H74O3Si2. The zero-order chi connectivity index (χ0) is 33.5. The third kappa shape index (κ3) is 5.96. The van der Waals surface area contributed by atoms with Crippen LogP contribution in [0, 0.1) is 46.3 Å². The second kappa shape index (κ2) is 11.9. The summed E-state index contributed by atoms with van der Waals surface area (Å²) in [5.74, 6) is 3.90. The van der Waals surface area contributed by atoms with Crippen molar-refractivity contribution in [2.75, 3.05) is 0 Å². The lowest BCUT2D eigenvalue weighted by Gasteiger charge is -2.64. The zero-order valence-electron chi connectivity index (χ0n) is 31.9. The van der Waals surface area contributed by atoms with Gasteiger partial charge in [-0.25, -0.2) is 0 Å². The lowest BCUT2D eigenvalue weighted by molar-refractivity contribution is -0.112. The van der Waals surface area contributed by atoms with Crippen LogP contribution >= 0.6 is 0 Å². The van der Waals surface area contributed by atoms with Crippen LogP contribution in [0.1, 0.15) is 134 Å². The molecule has 4 aliphatic carbocycles. The molecule has 3 saturated carbocycles. The van der Waals surface area contributed by atoms with Gasteiger partial charge in [-0.2, -0.15) is 0 Å². The van der Waals surface area contributed by atoms with Gasteiger partial charge in [0.25, 0.3) is 0 Å². The molecule has 2 N–H and O–H groups in total. The van der Waals surface area contributed by atoms with Crippen molar-refractivity contribution >= 4 is 16.4 Å². The second-order valence-corrected chi connectivity index (χ2v) is 30.8. The van der Waals surface area contributed by atoms with Crippen molar-refractivity contribution in [3.8, 4) is 0 Å². The van der Waals surface area contributed by atoms with Crippen molar-refractivity contribution in [3.05, 3.63) is 11.6 Å². The summed E-state index contributed by atoms with van der Waals surface area (Å²) >= 11 is 0. The van der Waals surface area contributed by atoms with Gasteiger partial charge >= 0.3 is 0 Å². The van der Waals surface area contributed by atoms with Crippen LogP contribution in [0.5, 0.6) is 0 Å². The Bertz CT molecular complexity index is 1070. The maximum atomic E-state index is 12.8. The van der Waals surface area contributed by atoms with Crippen LogP contribution in [-0.2, 0) is 4.43 Å². The van der Waals surface area contributed by atoms with Gasteiger partial charge in [0.15, 0.2) is 8.32 Å². The monoisotopic (exact) mass is 647 g/mol. The highest BCUT2D eigenvalue weighted by molar-refractivity contribution is 6.82. The van der Waals surface area contributed by atoms with Crippen molar-refractivity contribution in [1.29, 1.82) is 0 Å². The molecule has 3 nitrogen and oxygen atoms in total. The van der Waals surface area contributed by atoms with Crippen LogP contribution in [0.4, 0.5) is 0 Å². The molecule has 0 aliphatic heterocycles. The van der Waals surface area contributed by atoms with Gasteiger partial charge < -0.3 is 14.6 Å². The number of hydrogen-bond acceptors (Lipinski definition) is 3. The van der Waals surface area contributed by atoms with Crippen molar-refractivity contribution < 1.29 is 14.6 Å². The SMILES string of the molecule is CC(C)C(O)CC[C@@H](C)[C@H]1CC[C@H]2[C@@H]3CC=C4C[C@](O)([Si](C)(C)C(C)(C)C)C[C@H](O[Si](C)(C)C(C)(C)C)[C@]4(C)[C@H]3CC[C@]12C. The predicted octanol–water partition coefficient (Wildman–Crippen LogP) is 10.8. The minimum Gasteiger partial charge on any atom is -0.413 e. The van der Waals surface area contributed by atoms with Crippen LogP contribution in [0.3, 0.4) is 0 Å². The van der Waals surface area contributed by atoms with E-state index in [1.165, 1.54) is 37.7 Å². The molecule has 0 saturated heterocycles. The fraction of sp³-hybridized carbons (Fsp3) is 0.949. The molecule has 0 bridgehead atoms. The third-order valence-corrected chi connectivity index (χ3v) is 26.9. The van der Waals surface area contributed by atoms with Gasteiger partial charge in [0, 0.05) is 5.41 Å². The number of aliphatic hydroxyl groups is 2. The summed E-state index contributed by atoms with van der Waals surface area (Å²) in [6, 6.07) is 0. The van der Waals surface area contributed by atoms with E-state index in [1.54, 1.807) is 0 Å². The summed E-state index contributed by atoms with van der Waals surface area (Å²) in [4.78, 5) is 0. The Labute approximate surface area is 275 Å². The molecule has 0 aromatic carbocycles. The highest BCUT2D eigenvalue weighted by atomic mass is 28.4. The fourth-order valence-corrected chi connectivity index (χ4v) is 14.6. The standard InChI is InChI=1S/C39H74O3Si2/c1-26(2)33(40)21-16-27(3)30-19-20-31-29-18-17-28-24-39(41,43(12,13)35(4,5)6)25-34(42-44(14,15)36(7,8)9)38(28,11)32(29)22-23-37(30,31)10/h17,26-27,29-34,40-41H,16,18-25H2,1-15H3/t27-,29+,30-,31+,32+,33?,34+,37-,38+,39+/m1/s1. The molecule has 0 radical (unpaired) electrons. The highest BCUT2D eigenvalue weighted by Crippen LogP contribution is 2.69. The molecule has 0 heterocycles. The molecule has 256 valence electrons. The first-order valence-corrected chi connectivity index (χ1v) is 24.5. The van der Waals surface area contributed by atoms with E-state index in [9.17, 15) is 10.2 Å². The molecule has 0 spiro atoms. The fourth-order valence-electron chi connectivity index (χ4n) is 10.5. The van der Waals surface area contributed by atoms with E-state index < -0.39 is 21.6 Å². The molecule has 4 aliphatic rings. The van der Waals surface area contributed by atoms with E-state index in [0.29, 0.717) is 29.1 Å². The Morgan fingerprint density at radius 1 is 0.909 bits per heavy atom. The molecule has 0 aromatic rings. The van der Waals surface area contributed by atoms with Gasteiger partial charge in [-0.15, -0.1) is 0 Å². The Kier molecular flexibility index (Phi) is 9.96. The molecular weight excluding hydrogens is 573 g/mol. The van der Waals surface area contributed by atoms with Gasteiger partial charge in [0.2, 0.25) is 0 Å². The normalized spacial score (nSPS) is 39.8. The Balaban J connectivity index is 1.70. The summed E-state index contributed by atoms with van der Waals surface area (Å²) in [6.07, 6.45) is 12.8. The average molecular weight is 647 g/mol. The largest absolute Gasteiger partial charge is 0.413 e. The predicted molar refractivity (Wildman–Crippen MR) is 194 cm³/mol. The summed E-state index contributed by atoms with van der Waals surface area (Å²) in [6.45, 7) is 36.0. The second-order valence-electron chi connectivity index (χ2n) is 20.4. The number of fused-ring (bicyclic) bond motifs is 5. The summed E-state index contributed by atoms with van der Waals surface area (Å²) < 4.78 is 7.57. The van der Waals surface area contributed by atoms with Crippen molar-refractivity contribution in [1.82, 2.24) is 0 Å². The van der Waals surface area contributed by atoms with Crippen LogP contribution < -0.4 is 0 Å². The topological polar surface area (TPSA) is 49.7 Å². The van der Waals surface area contributed by atoms with Crippen molar-refractivity contribution in [2.24, 2.45) is 46.3 Å². The Hall–Kier alpha value is 0.0538. The zero-order valence-corrected chi connectivity index (χ0v) is 33.9. The highest BCUT2D eigenvalue weighted by Gasteiger charge is 2.66. The molecule has 5 heteroatoms. The molecule has 44 heavy (non-hydrogen) atoms. The lowest BCUT2D eigenvalue weighted by atomic mass is 9.46. The Morgan fingerprint density at radius 2 is 1.52 bits per heavy atom. The average Bonchev–Trinajstić information content (AvgIpc) is 3.23. The number of hydrogen-bond donors (Lipinski definition) is 2. The maximum Gasteiger partial charge on any atom is 0.192 e. The van der Waals surface area contributed by atoms with E-state index >= 15 is 0 Å². The lowest BCUT2D eigenvalue weighted by Crippen LogP contribution is -2.68. The van der Waals surface area contributed by atoms with Crippen LogP contribution in [-0.4, -0.2) is 44.0 Å². The Morgan fingerprint density at radius 3 is 2.07 bits per heavy atom. The molecule has 3 fully saturated rings. The summed E-state index contributed by atoms with van der Waals surface area (Å²) in [5, 5.41) is 23.0. The summed E-state index contributed by atoms with van der Waals surface area (Å²) in [7, 11) is -4.17. The number of allylic oxidation sites excluding steroid dienone is 1.